The Morgan fingerprint density at radius 2 is 1.69 bits per heavy atom. The largest absolute Gasteiger partial charge is 0.351 e. The summed E-state index contributed by atoms with van der Waals surface area (Å²) < 4.78 is 17.6. The van der Waals surface area contributed by atoms with Gasteiger partial charge in [-0.05, 0) is 42.8 Å². The van der Waals surface area contributed by atoms with E-state index in [9.17, 15) is 14.0 Å². The van der Waals surface area contributed by atoms with Crippen LogP contribution in [0.2, 0.25) is 0 Å². The van der Waals surface area contributed by atoms with E-state index < -0.39 is 12.6 Å². The van der Waals surface area contributed by atoms with Crippen LogP contribution >= 0.6 is 0 Å². The van der Waals surface area contributed by atoms with E-state index in [1.165, 1.54) is 12.1 Å². The fourth-order valence-electron chi connectivity index (χ4n) is 2.34. The minimum Gasteiger partial charge on any atom is -0.351 e. The lowest BCUT2D eigenvalue weighted by Crippen LogP contribution is -2.14. The second kappa shape index (κ2) is 7.60. The van der Waals surface area contributed by atoms with Gasteiger partial charge in [-0.3, -0.25) is 9.59 Å². The van der Waals surface area contributed by atoms with Crippen LogP contribution in [0.15, 0.2) is 59.1 Å². The standard InChI is InChI=1S/C19H16FN3O3/c1-12-8-17(26-23-12)19(25)22-16-7-3-5-14(10-16)18(24)21-15-6-2-4-13(9-15)11-20/h2-10H,11H2,1H3,(H,21,24)(H,22,25). The fraction of sp³-hybridized carbons (Fsp3) is 0.105. The zero-order chi connectivity index (χ0) is 18.5. The highest BCUT2D eigenvalue weighted by Gasteiger charge is 2.13. The Hall–Kier alpha value is -3.48. The summed E-state index contributed by atoms with van der Waals surface area (Å²) in [5.74, 6) is -0.744. The van der Waals surface area contributed by atoms with Gasteiger partial charge in [0.1, 0.15) is 6.67 Å². The molecule has 2 aromatic carbocycles. The topological polar surface area (TPSA) is 84.2 Å². The first kappa shape index (κ1) is 17.3. The van der Waals surface area contributed by atoms with Crippen molar-refractivity contribution in [3.8, 4) is 0 Å². The summed E-state index contributed by atoms with van der Waals surface area (Å²) in [6.07, 6.45) is 0. The van der Waals surface area contributed by atoms with Crippen molar-refractivity contribution < 1.29 is 18.5 Å². The number of alkyl halides is 1. The number of rotatable bonds is 5. The number of nitrogens with zero attached hydrogens (tertiary/aromatic N) is 1. The third kappa shape index (κ3) is 4.13. The lowest BCUT2D eigenvalue weighted by molar-refractivity contribution is 0.0985. The number of aromatic nitrogens is 1. The Morgan fingerprint density at radius 3 is 2.38 bits per heavy atom. The minimum atomic E-state index is -0.605. The molecule has 3 rings (SSSR count). The average Bonchev–Trinajstić information content (AvgIpc) is 3.08. The van der Waals surface area contributed by atoms with Gasteiger partial charge < -0.3 is 15.2 Å². The van der Waals surface area contributed by atoms with Gasteiger partial charge >= 0.3 is 0 Å². The van der Waals surface area contributed by atoms with E-state index in [2.05, 4.69) is 15.8 Å². The Labute approximate surface area is 149 Å². The third-order valence-electron chi connectivity index (χ3n) is 3.57. The number of aryl methyl sites for hydroxylation is 1. The number of carbonyl (C=O) groups is 2. The molecule has 2 amide bonds. The first-order valence-corrected chi connectivity index (χ1v) is 7.86. The molecule has 0 radical (unpaired) electrons. The van der Waals surface area contributed by atoms with Crippen molar-refractivity contribution in [1.29, 1.82) is 0 Å². The van der Waals surface area contributed by atoms with Gasteiger partial charge in [-0.25, -0.2) is 4.39 Å². The van der Waals surface area contributed by atoms with Crippen LogP contribution in [-0.2, 0) is 6.67 Å². The van der Waals surface area contributed by atoms with Gasteiger partial charge in [-0.15, -0.1) is 0 Å². The second-order valence-corrected chi connectivity index (χ2v) is 5.66. The summed E-state index contributed by atoms with van der Waals surface area (Å²) in [6, 6.07) is 14.5. The van der Waals surface area contributed by atoms with Gasteiger partial charge in [-0.1, -0.05) is 23.4 Å². The zero-order valence-electron chi connectivity index (χ0n) is 14.0. The Kier molecular flexibility index (Phi) is 5.07. The quantitative estimate of drug-likeness (QED) is 0.727. The Balaban J connectivity index is 1.71. The first-order valence-electron chi connectivity index (χ1n) is 7.86. The summed E-state index contributed by atoms with van der Waals surface area (Å²) >= 11 is 0. The van der Waals surface area contributed by atoms with E-state index in [1.807, 2.05) is 0 Å². The molecule has 6 nitrogen and oxygen atoms in total. The molecule has 0 aliphatic rings. The molecule has 0 bridgehead atoms. The highest BCUT2D eigenvalue weighted by atomic mass is 19.1. The maximum atomic E-state index is 12.7. The van der Waals surface area contributed by atoms with Crippen molar-refractivity contribution in [3.05, 3.63) is 77.2 Å². The van der Waals surface area contributed by atoms with Crippen LogP contribution in [0, 0.1) is 6.92 Å². The minimum absolute atomic E-state index is 0.0837. The van der Waals surface area contributed by atoms with Gasteiger partial charge in [0.15, 0.2) is 0 Å². The molecule has 132 valence electrons. The number of nitrogens with one attached hydrogen (secondary N) is 2. The van der Waals surface area contributed by atoms with Crippen LogP contribution in [0.4, 0.5) is 15.8 Å². The lowest BCUT2D eigenvalue weighted by Gasteiger charge is -2.08. The third-order valence-corrected chi connectivity index (χ3v) is 3.57. The van der Waals surface area contributed by atoms with Crippen LogP contribution in [0.1, 0.15) is 32.2 Å². The van der Waals surface area contributed by atoms with E-state index in [-0.39, 0.29) is 11.7 Å². The SMILES string of the molecule is Cc1cc(C(=O)Nc2cccc(C(=O)Nc3cccc(CF)c3)c2)on1. The number of halogens is 1. The smallest absolute Gasteiger partial charge is 0.294 e. The van der Waals surface area contributed by atoms with Crippen molar-refractivity contribution >= 4 is 23.2 Å². The molecule has 26 heavy (non-hydrogen) atoms. The van der Waals surface area contributed by atoms with Gasteiger partial charge in [-0.2, -0.15) is 0 Å². The Bertz CT molecular complexity index is 952. The summed E-state index contributed by atoms with van der Waals surface area (Å²) in [7, 11) is 0. The van der Waals surface area contributed by atoms with Gasteiger partial charge in [0.25, 0.3) is 11.8 Å². The molecule has 2 N–H and O–H groups in total. The molecule has 1 aromatic heterocycles. The number of carbonyl (C=O) groups excluding carboxylic acids is 2. The summed E-state index contributed by atoms with van der Waals surface area (Å²) in [6.45, 7) is 1.11. The van der Waals surface area contributed by atoms with E-state index in [0.717, 1.165) is 0 Å². The maximum absolute atomic E-state index is 12.7. The molecule has 0 saturated heterocycles. The maximum Gasteiger partial charge on any atom is 0.294 e. The molecular formula is C19H16FN3O3. The zero-order valence-corrected chi connectivity index (χ0v) is 14.0. The van der Waals surface area contributed by atoms with Crippen LogP contribution in [0.5, 0.6) is 0 Å². The van der Waals surface area contributed by atoms with Crippen molar-refractivity contribution in [1.82, 2.24) is 5.16 Å². The molecule has 1 heterocycles. The molecule has 0 saturated carbocycles. The first-order chi connectivity index (χ1) is 12.5. The lowest BCUT2D eigenvalue weighted by atomic mass is 10.1. The summed E-state index contributed by atoms with van der Waals surface area (Å²) in [5.41, 5.74) is 2.36. The molecule has 7 heteroatoms. The number of anilines is 2. The van der Waals surface area contributed by atoms with Gasteiger partial charge in [0, 0.05) is 23.0 Å². The van der Waals surface area contributed by atoms with E-state index in [4.69, 9.17) is 4.52 Å². The molecule has 0 unspecified atom stereocenters. The molecular weight excluding hydrogens is 337 g/mol. The summed E-state index contributed by atoms with van der Waals surface area (Å²) in [5, 5.41) is 9.01. The predicted molar refractivity (Wildman–Crippen MR) is 94.8 cm³/mol. The molecule has 0 aliphatic carbocycles. The molecule has 0 atom stereocenters. The summed E-state index contributed by atoms with van der Waals surface area (Å²) in [4.78, 5) is 24.5. The number of hydrogen-bond donors (Lipinski definition) is 2. The number of amides is 2. The highest BCUT2D eigenvalue weighted by Crippen LogP contribution is 2.16. The van der Waals surface area contributed by atoms with Gasteiger partial charge in [0.05, 0.1) is 5.69 Å². The van der Waals surface area contributed by atoms with Crippen molar-refractivity contribution in [3.63, 3.8) is 0 Å². The second-order valence-electron chi connectivity index (χ2n) is 5.66. The number of hydrogen-bond acceptors (Lipinski definition) is 4. The molecule has 0 aliphatic heterocycles. The average molecular weight is 353 g/mol. The van der Waals surface area contributed by atoms with Crippen molar-refractivity contribution in [2.45, 2.75) is 13.6 Å². The monoisotopic (exact) mass is 353 g/mol. The normalized spacial score (nSPS) is 10.4. The van der Waals surface area contributed by atoms with Crippen LogP contribution in [0.25, 0.3) is 0 Å². The van der Waals surface area contributed by atoms with Crippen LogP contribution in [-0.4, -0.2) is 17.0 Å². The van der Waals surface area contributed by atoms with E-state index in [1.54, 1.807) is 49.4 Å². The Morgan fingerprint density at radius 1 is 1.00 bits per heavy atom. The fourth-order valence-corrected chi connectivity index (χ4v) is 2.34. The van der Waals surface area contributed by atoms with E-state index in [0.29, 0.717) is 28.2 Å². The molecule has 0 fully saturated rings. The predicted octanol–water partition coefficient (Wildman–Crippen LogP) is 3.96. The van der Waals surface area contributed by atoms with Crippen LogP contribution in [0.3, 0.4) is 0 Å². The van der Waals surface area contributed by atoms with Crippen LogP contribution < -0.4 is 10.6 Å². The molecule has 0 spiro atoms. The van der Waals surface area contributed by atoms with Crippen molar-refractivity contribution in [2.75, 3.05) is 10.6 Å². The van der Waals surface area contributed by atoms with Gasteiger partial charge in [0.2, 0.25) is 5.76 Å². The highest BCUT2D eigenvalue weighted by molar-refractivity contribution is 6.06. The number of benzene rings is 2. The van der Waals surface area contributed by atoms with Crippen molar-refractivity contribution in [2.24, 2.45) is 0 Å². The molecule has 3 aromatic rings. The van der Waals surface area contributed by atoms with E-state index >= 15 is 0 Å².